The van der Waals surface area contributed by atoms with E-state index in [1.54, 1.807) is 23.1 Å². The number of rotatable bonds is 8. The van der Waals surface area contributed by atoms with Gasteiger partial charge < -0.3 is 5.32 Å². The maximum absolute atomic E-state index is 12.3. The summed E-state index contributed by atoms with van der Waals surface area (Å²) in [6.45, 7) is 3.10. The molecule has 6 heteroatoms. The van der Waals surface area contributed by atoms with Gasteiger partial charge in [-0.1, -0.05) is 54.2 Å². The SMILES string of the molecule is O=C(CCCSc1nc2ccccc2s1)NC1CCN(Cc2ccccc2)CC1. The molecule has 0 aliphatic carbocycles. The highest BCUT2D eigenvalue weighted by Crippen LogP contribution is 2.29. The first kappa shape index (κ1) is 20.4. The molecule has 1 aromatic heterocycles. The summed E-state index contributed by atoms with van der Waals surface area (Å²) in [6, 6.07) is 19.2. The summed E-state index contributed by atoms with van der Waals surface area (Å²) in [5.74, 6) is 1.12. The lowest BCUT2D eigenvalue weighted by molar-refractivity contribution is -0.122. The van der Waals surface area contributed by atoms with Crippen LogP contribution in [0.3, 0.4) is 0 Å². The van der Waals surface area contributed by atoms with Gasteiger partial charge in [0.1, 0.15) is 0 Å². The first-order chi connectivity index (χ1) is 14.3. The molecule has 2 aromatic carbocycles. The van der Waals surface area contributed by atoms with Gasteiger partial charge in [-0.25, -0.2) is 4.98 Å². The zero-order valence-corrected chi connectivity index (χ0v) is 18.2. The number of aromatic nitrogens is 1. The Balaban J connectivity index is 1.11. The number of amides is 1. The number of hydrogen-bond donors (Lipinski definition) is 1. The lowest BCUT2D eigenvalue weighted by Crippen LogP contribution is -2.44. The first-order valence-corrected chi connectivity index (χ1v) is 12.1. The second kappa shape index (κ2) is 10.2. The van der Waals surface area contributed by atoms with Crippen LogP contribution in [0.4, 0.5) is 0 Å². The Hall–Kier alpha value is -1.89. The molecule has 2 heterocycles. The predicted octanol–water partition coefficient (Wildman–Crippen LogP) is 4.95. The van der Waals surface area contributed by atoms with Crippen molar-refractivity contribution in [3.63, 3.8) is 0 Å². The third-order valence-electron chi connectivity index (χ3n) is 5.25. The van der Waals surface area contributed by atoms with E-state index < -0.39 is 0 Å². The number of piperidine rings is 1. The van der Waals surface area contributed by atoms with E-state index in [2.05, 4.69) is 57.7 Å². The number of hydrogen-bond acceptors (Lipinski definition) is 5. The van der Waals surface area contributed by atoms with Gasteiger partial charge in [0, 0.05) is 37.8 Å². The van der Waals surface area contributed by atoms with Crippen LogP contribution in [0.1, 0.15) is 31.2 Å². The van der Waals surface area contributed by atoms with Crippen molar-refractivity contribution in [2.24, 2.45) is 0 Å². The number of nitrogens with zero attached hydrogens (tertiary/aromatic N) is 2. The van der Waals surface area contributed by atoms with Crippen molar-refractivity contribution in [2.75, 3.05) is 18.8 Å². The number of thioether (sulfide) groups is 1. The quantitative estimate of drug-likeness (QED) is 0.410. The molecule has 0 saturated carbocycles. The summed E-state index contributed by atoms with van der Waals surface area (Å²) in [6.07, 6.45) is 3.57. The number of benzene rings is 2. The van der Waals surface area contributed by atoms with Gasteiger partial charge in [0.25, 0.3) is 0 Å². The third-order valence-corrected chi connectivity index (χ3v) is 7.52. The molecule has 0 radical (unpaired) electrons. The summed E-state index contributed by atoms with van der Waals surface area (Å²) in [5.41, 5.74) is 2.43. The van der Waals surface area contributed by atoms with Gasteiger partial charge in [-0.05, 0) is 37.0 Å². The van der Waals surface area contributed by atoms with E-state index in [-0.39, 0.29) is 5.91 Å². The Morgan fingerprint density at radius 3 is 2.66 bits per heavy atom. The van der Waals surface area contributed by atoms with Crippen LogP contribution >= 0.6 is 23.1 Å². The minimum atomic E-state index is 0.191. The second-order valence-corrected chi connectivity index (χ2v) is 9.88. The van der Waals surface area contributed by atoms with E-state index in [0.717, 1.165) is 54.5 Å². The standard InChI is InChI=1S/C23H27N3OS2/c27-22(11-6-16-28-23-25-20-9-4-5-10-21(20)29-23)24-19-12-14-26(15-13-19)17-18-7-2-1-3-8-18/h1-5,7-10,19H,6,11-17H2,(H,24,27). The molecule has 1 aliphatic heterocycles. The van der Waals surface area contributed by atoms with Crippen LogP contribution < -0.4 is 5.32 Å². The van der Waals surface area contributed by atoms with Gasteiger partial charge in [0.2, 0.25) is 5.91 Å². The number of thiazole rings is 1. The summed E-state index contributed by atoms with van der Waals surface area (Å²) in [7, 11) is 0. The number of fused-ring (bicyclic) bond motifs is 1. The molecule has 0 spiro atoms. The number of carbonyl (C=O) groups is 1. The third kappa shape index (κ3) is 6.04. The highest BCUT2D eigenvalue weighted by Gasteiger charge is 2.20. The van der Waals surface area contributed by atoms with Gasteiger partial charge >= 0.3 is 0 Å². The Morgan fingerprint density at radius 1 is 1.10 bits per heavy atom. The van der Waals surface area contributed by atoms with Crippen molar-refractivity contribution in [2.45, 2.75) is 42.6 Å². The Kier molecular flexibility index (Phi) is 7.19. The molecular formula is C23H27N3OS2. The molecule has 0 bridgehead atoms. The molecule has 1 fully saturated rings. The molecule has 1 saturated heterocycles. The smallest absolute Gasteiger partial charge is 0.220 e. The minimum Gasteiger partial charge on any atom is -0.353 e. The molecule has 29 heavy (non-hydrogen) atoms. The molecule has 0 unspecified atom stereocenters. The normalized spacial score (nSPS) is 15.6. The molecule has 1 aliphatic rings. The highest BCUT2D eigenvalue weighted by molar-refractivity contribution is 8.01. The van der Waals surface area contributed by atoms with Crippen LogP contribution in [0, 0.1) is 0 Å². The summed E-state index contributed by atoms with van der Waals surface area (Å²) in [4.78, 5) is 19.4. The summed E-state index contributed by atoms with van der Waals surface area (Å²) in [5, 5.41) is 3.24. The number of likely N-dealkylation sites (tertiary alicyclic amines) is 1. The van der Waals surface area contributed by atoms with E-state index in [0.29, 0.717) is 12.5 Å². The maximum atomic E-state index is 12.3. The molecule has 0 atom stereocenters. The lowest BCUT2D eigenvalue weighted by Gasteiger charge is -2.32. The fourth-order valence-electron chi connectivity index (χ4n) is 3.68. The van der Waals surface area contributed by atoms with Gasteiger partial charge in [0.05, 0.1) is 10.2 Å². The summed E-state index contributed by atoms with van der Waals surface area (Å²) >= 11 is 3.49. The zero-order valence-electron chi connectivity index (χ0n) is 16.5. The largest absolute Gasteiger partial charge is 0.353 e. The second-order valence-electron chi connectivity index (χ2n) is 7.50. The van der Waals surface area contributed by atoms with E-state index >= 15 is 0 Å². The predicted molar refractivity (Wildman–Crippen MR) is 122 cm³/mol. The Labute approximate surface area is 180 Å². The lowest BCUT2D eigenvalue weighted by atomic mass is 10.0. The average Bonchev–Trinajstić information content (AvgIpc) is 3.16. The van der Waals surface area contributed by atoms with Crippen molar-refractivity contribution in [1.82, 2.24) is 15.2 Å². The molecule has 1 amide bonds. The van der Waals surface area contributed by atoms with E-state index in [9.17, 15) is 4.79 Å². The Bertz CT molecular complexity index is 887. The number of para-hydroxylation sites is 1. The topological polar surface area (TPSA) is 45.2 Å². The van der Waals surface area contributed by atoms with Crippen molar-refractivity contribution < 1.29 is 4.79 Å². The number of nitrogens with one attached hydrogen (secondary N) is 1. The fourth-order valence-corrected chi connectivity index (χ4v) is 5.76. The van der Waals surface area contributed by atoms with Crippen molar-refractivity contribution in [3.8, 4) is 0 Å². The van der Waals surface area contributed by atoms with Crippen LogP contribution in [0.2, 0.25) is 0 Å². The first-order valence-electron chi connectivity index (χ1n) is 10.3. The minimum absolute atomic E-state index is 0.191. The van der Waals surface area contributed by atoms with Crippen LogP contribution in [-0.2, 0) is 11.3 Å². The van der Waals surface area contributed by atoms with Gasteiger partial charge in [-0.15, -0.1) is 11.3 Å². The monoisotopic (exact) mass is 425 g/mol. The number of carbonyl (C=O) groups excluding carboxylic acids is 1. The molecule has 4 rings (SSSR count). The average molecular weight is 426 g/mol. The fraction of sp³-hybridized carbons (Fsp3) is 0.391. The Morgan fingerprint density at radius 2 is 1.86 bits per heavy atom. The van der Waals surface area contributed by atoms with Gasteiger partial charge in [0.15, 0.2) is 4.34 Å². The van der Waals surface area contributed by atoms with Crippen molar-refractivity contribution in [1.29, 1.82) is 0 Å². The van der Waals surface area contributed by atoms with E-state index in [1.165, 1.54) is 10.3 Å². The van der Waals surface area contributed by atoms with Gasteiger partial charge in [-0.3, -0.25) is 9.69 Å². The molecule has 152 valence electrons. The van der Waals surface area contributed by atoms with E-state index in [4.69, 9.17) is 0 Å². The molecule has 1 N–H and O–H groups in total. The van der Waals surface area contributed by atoms with Crippen LogP contribution in [-0.4, -0.2) is 40.7 Å². The molecular weight excluding hydrogens is 398 g/mol. The van der Waals surface area contributed by atoms with E-state index in [1.807, 2.05) is 12.1 Å². The molecule has 4 nitrogen and oxygen atoms in total. The van der Waals surface area contributed by atoms with Gasteiger partial charge in [-0.2, -0.15) is 0 Å². The summed E-state index contributed by atoms with van der Waals surface area (Å²) < 4.78 is 2.32. The van der Waals surface area contributed by atoms with Crippen molar-refractivity contribution >= 4 is 39.2 Å². The van der Waals surface area contributed by atoms with Crippen LogP contribution in [0.5, 0.6) is 0 Å². The highest BCUT2D eigenvalue weighted by atomic mass is 32.2. The maximum Gasteiger partial charge on any atom is 0.220 e. The zero-order chi connectivity index (χ0) is 19.9. The molecule has 3 aromatic rings. The van der Waals surface area contributed by atoms with Crippen LogP contribution in [0.15, 0.2) is 58.9 Å². The van der Waals surface area contributed by atoms with Crippen molar-refractivity contribution in [3.05, 3.63) is 60.2 Å². The van der Waals surface area contributed by atoms with Crippen LogP contribution in [0.25, 0.3) is 10.2 Å².